The zero-order valence-electron chi connectivity index (χ0n) is 13.5. The minimum Gasteiger partial charge on any atom is -0.506 e. The van der Waals surface area contributed by atoms with Crippen LogP contribution < -0.4 is 5.32 Å². The van der Waals surface area contributed by atoms with Crippen molar-refractivity contribution in [3.05, 3.63) is 63.5 Å². The lowest BCUT2D eigenvalue weighted by Gasteiger charge is -2.08. The molecule has 1 saturated heterocycles. The van der Waals surface area contributed by atoms with E-state index in [1.807, 2.05) is 0 Å². The van der Waals surface area contributed by atoms with Gasteiger partial charge in [-0.25, -0.2) is 0 Å². The number of hydrogen-bond donors (Lipinski definition) is 2. The molecule has 0 spiro atoms. The van der Waals surface area contributed by atoms with E-state index in [0.29, 0.717) is 19.8 Å². The van der Waals surface area contributed by atoms with Crippen molar-refractivity contribution in [2.45, 2.75) is 0 Å². The Bertz CT molecular complexity index is 942. The molecule has 0 radical (unpaired) electrons. The number of carbonyl (C=O) groups is 2. The SMILES string of the molecule is CN1C(=O)/C(=C\c2ccc(C(=O)Nc3cc(Cl)ccc3O)cc2)SC1=S. The summed E-state index contributed by atoms with van der Waals surface area (Å²) in [5, 5.41) is 12.8. The number of thioether (sulfide) groups is 1. The Morgan fingerprint density at radius 2 is 1.96 bits per heavy atom. The van der Waals surface area contributed by atoms with E-state index in [1.54, 1.807) is 37.4 Å². The third kappa shape index (κ3) is 3.90. The molecule has 0 bridgehead atoms. The fraction of sp³-hybridized carbons (Fsp3) is 0.0556. The topological polar surface area (TPSA) is 69.6 Å². The molecule has 2 amide bonds. The number of aromatic hydroxyl groups is 1. The lowest BCUT2D eigenvalue weighted by molar-refractivity contribution is -0.121. The van der Waals surface area contributed by atoms with Crippen molar-refractivity contribution < 1.29 is 14.7 Å². The van der Waals surface area contributed by atoms with E-state index < -0.39 is 0 Å². The summed E-state index contributed by atoms with van der Waals surface area (Å²) >= 11 is 12.2. The van der Waals surface area contributed by atoms with E-state index >= 15 is 0 Å². The molecule has 1 fully saturated rings. The van der Waals surface area contributed by atoms with E-state index in [4.69, 9.17) is 23.8 Å². The van der Waals surface area contributed by atoms with Crippen LogP contribution in [0.2, 0.25) is 5.02 Å². The minimum atomic E-state index is -0.381. The summed E-state index contributed by atoms with van der Waals surface area (Å²) in [6.45, 7) is 0. The number of rotatable bonds is 3. The summed E-state index contributed by atoms with van der Waals surface area (Å²) in [6, 6.07) is 11.1. The second-order valence-electron chi connectivity index (χ2n) is 5.48. The number of nitrogens with one attached hydrogen (secondary N) is 1. The first-order chi connectivity index (χ1) is 12.3. The van der Waals surface area contributed by atoms with Gasteiger partial charge in [-0.2, -0.15) is 0 Å². The number of halogens is 1. The maximum absolute atomic E-state index is 12.3. The average molecular weight is 405 g/mol. The van der Waals surface area contributed by atoms with E-state index in [2.05, 4.69) is 5.32 Å². The molecule has 0 unspecified atom stereocenters. The molecule has 2 N–H and O–H groups in total. The monoisotopic (exact) mass is 404 g/mol. The second kappa shape index (κ2) is 7.49. The molecule has 0 saturated carbocycles. The fourth-order valence-corrected chi connectivity index (χ4v) is 3.58. The number of amides is 2. The van der Waals surface area contributed by atoms with Crippen LogP contribution in [-0.4, -0.2) is 33.2 Å². The third-order valence-corrected chi connectivity index (χ3v) is 5.38. The van der Waals surface area contributed by atoms with Gasteiger partial charge in [0.05, 0.1) is 10.6 Å². The van der Waals surface area contributed by atoms with Gasteiger partial charge < -0.3 is 10.4 Å². The van der Waals surface area contributed by atoms with Crippen LogP contribution in [0.25, 0.3) is 6.08 Å². The fourth-order valence-electron chi connectivity index (χ4n) is 2.23. The molecule has 2 aromatic carbocycles. The summed E-state index contributed by atoms with van der Waals surface area (Å²) in [4.78, 5) is 26.3. The molecule has 26 heavy (non-hydrogen) atoms. The number of benzene rings is 2. The van der Waals surface area contributed by atoms with Crippen LogP contribution in [0.4, 0.5) is 5.69 Å². The molecule has 1 aliphatic heterocycles. The molecule has 1 heterocycles. The van der Waals surface area contributed by atoms with Crippen molar-refractivity contribution in [3.63, 3.8) is 0 Å². The first-order valence-corrected chi connectivity index (χ1v) is 9.07. The van der Waals surface area contributed by atoms with Crippen LogP contribution in [0.1, 0.15) is 15.9 Å². The predicted octanol–water partition coefficient (Wildman–Crippen LogP) is 4.13. The van der Waals surface area contributed by atoms with Gasteiger partial charge in [-0.1, -0.05) is 47.7 Å². The molecule has 5 nitrogen and oxygen atoms in total. The van der Waals surface area contributed by atoms with Crippen molar-refractivity contribution in [3.8, 4) is 5.75 Å². The second-order valence-corrected chi connectivity index (χ2v) is 7.59. The Balaban J connectivity index is 1.75. The van der Waals surface area contributed by atoms with Gasteiger partial charge >= 0.3 is 0 Å². The Morgan fingerprint density at radius 1 is 1.27 bits per heavy atom. The zero-order valence-corrected chi connectivity index (χ0v) is 15.9. The van der Waals surface area contributed by atoms with Gasteiger partial charge in [0.2, 0.25) is 0 Å². The van der Waals surface area contributed by atoms with Gasteiger partial charge in [0.25, 0.3) is 11.8 Å². The summed E-state index contributed by atoms with van der Waals surface area (Å²) in [5.41, 5.74) is 1.42. The van der Waals surface area contributed by atoms with Gasteiger partial charge in [0, 0.05) is 17.6 Å². The highest BCUT2D eigenvalue weighted by molar-refractivity contribution is 8.26. The number of nitrogens with zero attached hydrogens (tertiary/aromatic N) is 1. The lowest BCUT2D eigenvalue weighted by Crippen LogP contribution is -2.22. The largest absolute Gasteiger partial charge is 0.506 e. The smallest absolute Gasteiger partial charge is 0.265 e. The average Bonchev–Trinajstić information content (AvgIpc) is 2.85. The Hall–Kier alpha value is -2.35. The summed E-state index contributed by atoms with van der Waals surface area (Å²) in [6.07, 6.45) is 1.73. The maximum atomic E-state index is 12.3. The van der Waals surface area contributed by atoms with Crippen LogP contribution in [0.3, 0.4) is 0 Å². The number of carbonyl (C=O) groups excluding carboxylic acids is 2. The highest BCUT2D eigenvalue weighted by Crippen LogP contribution is 2.31. The van der Waals surface area contributed by atoms with Crippen molar-refractivity contribution in [2.75, 3.05) is 12.4 Å². The van der Waals surface area contributed by atoms with Crippen molar-refractivity contribution in [2.24, 2.45) is 0 Å². The van der Waals surface area contributed by atoms with Crippen LogP contribution in [-0.2, 0) is 4.79 Å². The van der Waals surface area contributed by atoms with Gasteiger partial charge in [0.15, 0.2) is 0 Å². The first-order valence-electron chi connectivity index (χ1n) is 7.46. The molecule has 8 heteroatoms. The number of phenolic OH excluding ortho intramolecular Hbond substituents is 1. The number of hydrogen-bond acceptors (Lipinski definition) is 5. The molecule has 1 aliphatic rings. The maximum Gasteiger partial charge on any atom is 0.265 e. The van der Waals surface area contributed by atoms with E-state index in [1.165, 1.54) is 34.9 Å². The van der Waals surface area contributed by atoms with Crippen LogP contribution in [0.5, 0.6) is 5.75 Å². The number of anilines is 1. The van der Waals surface area contributed by atoms with Crippen LogP contribution >= 0.6 is 35.6 Å². The van der Waals surface area contributed by atoms with E-state index in [0.717, 1.165) is 5.56 Å². The Kier molecular flexibility index (Phi) is 5.31. The van der Waals surface area contributed by atoms with E-state index in [-0.39, 0.29) is 23.3 Å². The van der Waals surface area contributed by atoms with Crippen molar-refractivity contribution >= 4 is 63.5 Å². The summed E-state index contributed by atoms with van der Waals surface area (Å²) in [5.74, 6) is -0.590. The Morgan fingerprint density at radius 3 is 2.58 bits per heavy atom. The number of phenols is 1. The van der Waals surface area contributed by atoms with Gasteiger partial charge in [-0.3, -0.25) is 14.5 Å². The highest BCUT2D eigenvalue weighted by atomic mass is 35.5. The molecule has 3 rings (SSSR count). The zero-order chi connectivity index (χ0) is 18.8. The molecule has 0 atom stereocenters. The lowest BCUT2D eigenvalue weighted by atomic mass is 10.1. The number of thiocarbonyl (C=S) groups is 1. The minimum absolute atomic E-state index is 0.0686. The quantitative estimate of drug-likeness (QED) is 0.457. The normalized spacial score (nSPS) is 15.6. The van der Waals surface area contributed by atoms with Gasteiger partial charge in [0.1, 0.15) is 10.1 Å². The van der Waals surface area contributed by atoms with E-state index in [9.17, 15) is 14.7 Å². The first kappa shape index (κ1) is 18.4. The molecule has 132 valence electrons. The molecule has 2 aromatic rings. The Labute approximate surface area is 164 Å². The molecular formula is C18H13ClN2O3S2. The summed E-state index contributed by atoms with van der Waals surface area (Å²) < 4.78 is 0.513. The van der Waals surface area contributed by atoms with Crippen molar-refractivity contribution in [1.29, 1.82) is 0 Å². The standard InChI is InChI=1S/C18H13ClN2O3S2/c1-21-17(24)15(26-18(21)25)8-10-2-4-11(5-3-10)16(23)20-13-9-12(19)6-7-14(13)22/h2-9,22H,1H3,(H,20,23)/b15-8+. The van der Waals surface area contributed by atoms with Crippen LogP contribution in [0.15, 0.2) is 47.4 Å². The highest BCUT2D eigenvalue weighted by Gasteiger charge is 2.28. The van der Waals surface area contributed by atoms with Gasteiger partial charge in [-0.15, -0.1) is 0 Å². The predicted molar refractivity (Wildman–Crippen MR) is 108 cm³/mol. The number of likely N-dealkylation sites (N-methyl/N-ethyl adjacent to an activating group) is 1. The molecule has 0 aliphatic carbocycles. The summed E-state index contributed by atoms with van der Waals surface area (Å²) in [7, 11) is 1.64. The molecular weight excluding hydrogens is 392 g/mol. The van der Waals surface area contributed by atoms with Crippen LogP contribution in [0, 0.1) is 0 Å². The molecule has 0 aromatic heterocycles. The van der Waals surface area contributed by atoms with Gasteiger partial charge in [-0.05, 0) is 42.0 Å². The third-order valence-electron chi connectivity index (χ3n) is 3.66. The van der Waals surface area contributed by atoms with Crippen molar-refractivity contribution in [1.82, 2.24) is 4.90 Å².